The summed E-state index contributed by atoms with van der Waals surface area (Å²) in [6.45, 7) is 0. The van der Waals surface area contributed by atoms with Gasteiger partial charge >= 0.3 is 5.97 Å². The number of nitriles is 1. The van der Waals surface area contributed by atoms with Gasteiger partial charge in [0.2, 0.25) is 0 Å². The molecule has 3 unspecified atom stereocenters. The lowest BCUT2D eigenvalue weighted by molar-refractivity contribution is -0.143. The number of nitrogens with zero attached hydrogens (tertiary/aromatic N) is 1. The largest absolute Gasteiger partial charge is 0.468 e. The van der Waals surface area contributed by atoms with Crippen LogP contribution in [0, 0.1) is 17.2 Å². The van der Waals surface area contributed by atoms with E-state index in [1.807, 2.05) is 30.3 Å². The summed E-state index contributed by atoms with van der Waals surface area (Å²) in [6.07, 6.45) is 2.86. The Balaban J connectivity index is 2.16. The minimum Gasteiger partial charge on any atom is -0.468 e. The average Bonchev–Trinajstić information content (AvgIpc) is 2.92. The van der Waals surface area contributed by atoms with Crippen molar-refractivity contribution in [1.82, 2.24) is 5.32 Å². The first-order valence-electron chi connectivity index (χ1n) is 6.54. The fraction of sp³-hybridized carbons (Fsp3) is 0.467. The number of benzene rings is 1. The van der Waals surface area contributed by atoms with Gasteiger partial charge in [0.25, 0.3) is 0 Å². The van der Waals surface area contributed by atoms with Gasteiger partial charge in [0.15, 0.2) is 0 Å². The van der Waals surface area contributed by atoms with Crippen LogP contribution in [0.2, 0.25) is 0 Å². The zero-order valence-corrected chi connectivity index (χ0v) is 11.0. The Kier molecular flexibility index (Phi) is 4.53. The maximum absolute atomic E-state index is 11.9. The van der Waals surface area contributed by atoms with E-state index in [2.05, 4.69) is 11.4 Å². The van der Waals surface area contributed by atoms with Crippen LogP contribution in [0.1, 0.15) is 30.9 Å². The summed E-state index contributed by atoms with van der Waals surface area (Å²) in [5, 5.41) is 12.4. The van der Waals surface area contributed by atoms with Gasteiger partial charge in [0, 0.05) is 6.04 Å². The van der Waals surface area contributed by atoms with Gasteiger partial charge in [0.05, 0.1) is 19.1 Å². The van der Waals surface area contributed by atoms with E-state index >= 15 is 0 Å². The van der Waals surface area contributed by atoms with Crippen molar-refractivity contribution in [3.63, 3.8) is 0 Å². The normalized spacial score (nSPS) is 23.6. The zero-order chi connectivity index (χ0) is 13.7. The number of esters is 1. The second-order valence-electron chi connectivity index (χ2n) is 4.81. The summed E-state index contributed by atoms with van der Waals surface area (Å²) in [5.74, 6) is -0.328. The highest BCUT2D eigenvalue weighted by molar-refractivity contribution is 5.77. The number of rotatable bonds is 4. The quantitative estimate of drug-likeness (QED) is 0.841. The molecule has 0 spiro atoms. The molecule has 19 heavy (non-hydrogen) atoms. The summed E-state index contributed by atoms with van der Waals surface area (Å²) >= 11 is 0. The van der Waals surface area contributed by atoms with E-state index in [1.165, 1.54) is 7.11 Å². The van der Waals surface area contributed by atoms with Gasteiger partial charge < -0.3 is 4.74 Å². The molecule has 1 aromatic carbocycles. The molecule has 0 saturated heterocycles. The Morgan fingerprint density at radius 1 is 1.42 bits per heavy atom. The van der Waals surface area contributed by atoms with Crippen molar-refractivity contribution in [2.45, 2.75) is 31.3 Å². The molecule has 0 aliphatic heterocycles. The number of ether oxygens (including phenoxy) is 1. The van der Waals surface area contributed by atoms with Gasteiger partial charge in [-0.25, -0.2) is 4.79 Å². The van der Waals surface area contributed by atoms with E-state index in [0.29, 0.717) is 0 Å². The van der Waals surface area contributed by atoms with Gasteiger partial charge in [-0.15, -0.1) is 0 Å². The van der Waals surface area contributed by atoms with Gasteiger partial charge in [-0.2, -0.15) is 5.26 Å². The van der Waals surface area contributed by atoms with E-state index < -0.39 is 6.04 Å². The van der Waals surface area contributed by atoms with Crippen molar-refractivity contribution in [2.75, 3.05) is 7.11 Å². The lowest BCUT2D eigenvalue weighted by Crippen LogP contribution is -2.39. The van der Waals surface area contributed by atoms with Crippen LogP contribution >= 0.6 is 0 Å². The number of nitrogens with one attached hydrogen (secondary N) is 1. The van der Waals surface area contributed by atoms with Crippen molar-refractivity contribution >= 4 is 5.97 Å². The van der Waals surface area contributed by atoms with Gasteiger partial charge in [-0.1, -0.05) is 36.8 Å². The van der Waals surface area contributed by atoms with Crippen LogP contribution in [-0.2, 0) is 9.53 Å². The van der Waals surface area contributed by atoms with Crippen molar-refractivity contribution in [3.05, 3.63) is 35.9 Å². The Bertz CT molecular complexity index is 467. The highest BCUT2D eigenvalue weighted by Crippen LogP contribution is 2.27. The molecule has 3 atom stereocenters. The molecule has 0 radical (unpaired) electrons. The molecule has 0 bridgehead atoms. The van der Waals surface area contributed by atoms with Crippen LogP contribution in [0.5, 0.6) is 0 Å². The summed E-state index contributed by atoms with van der Waals surface area (Å²) in [4.78, 5) is 11.9. The summed E-state index contributed by atoms with van der Waals surface area (Å²) in [7, 11) is 1.39. The zero-order valence-electron chi connectivity index (χ0n) is 11.0. The van der Waals surface area contributed by atoms with Crippen LogP contribution in [0.4, 0.5) is 0 Å². The first-order chi connectivity index (χ1) is 9.26. The maximum atomic E-state index is 11.9. The van der Waals surface area contributed by atoms with Crippen LogP contribution in [-0.4, -0.2) is 19.1 Å². The summed E-state index contributed by atoms with van der Waals surface area (Å²) in [5.41, 5.74) is 0.873. The molecule has 1 aliphatic carbocycles. The van der Waals surface area contributed by atoms with Gasteiger partial charge in [0.1, 0.15) is 6.04 Å². The Morgan fingerprint density at radius 3 is 2.79 bits per heavy atom. The molecule has 1 saturated carbocycles. The molecular formula is C15H18N2O2. The Morgan fingerprint density at radius 2 is 2.16 bits per heavy atom. The molecule has 1 aromatic rings. The van der Waals surface area contributed by atoms with E-state index in [9.17, 15) is 4.79 Å². The second kappa shape index (κ2) is 6.35. The van der Waals surface area contributed by atoms with Crippen molar-refractivity contribution in [1.29, 1.82) is 5.26 Å². The molecule has 0 amide bonds. The number of carbonyl (C=O) groups is 1. The Hall–Kier alpha value is -1.86. The standard InChI is InChI=1S/C15H18N2O2/c1-19-15(18)14(11-6-3-2-4-7-11)17-13-9-5-8-12(13)10-16/h2-4,6-7,12-14,17H,5,8-9H2,1H3. The average molecular weight is 258 g/mol. The van der Waals surface area contributed by atoms with E-state index in [1.54, 1.807) is 0 Å². The topological polar surface area (TPSA) is 62.1 Å². The molecule has 0 heterocycles. The molecular weight excluding hydrogens is 240 g/mol. The smallest absolute Gasteiger partial charge is 0.327 e. The first kappa shape index (κ1) is 13.6. The highest BCUT2D eigenvalue weighted by atomic mass is 16.5. The van der Waals surface area contributed by atoms with Crippen LogP contribution in [0.15, 0.2) is 30.3 Å². The highest BCUT2D eigenvalue weighted by Gasteiger charge is 2.32. The predicted octanol–water partition coefficient (Wildman–Crippen LogP) is 2.18. The first-order valence-corrected chi connectivity index (χ1v) is 6.54. The molecule has 1 fully saturated rings. The SMILES string of the molecule is COC(=O)C(NC1CCCC1C#N)c1ccccc1. The molecule has 100 valence electrons. The molecule has 1 N–H and O–H groups in total. The predicted molar refractivity (Wildman–Crippen MR) is 71.1 cm³/mol. The van der Waals surface area contributed by atoms with Crippen molar-refractivity contribution < 1.29 is 9.53 Å². The lowest BCUT2D eigenvalue weighted by Gasteiger charge is -2.23. The summed E-state index contributed by atoms with van der Waals surface area (Å²) in [6, 6.07) is 11.4. The third kappa shape index (κ3) is 3.12. The van der Waals surface area contributed by atoms with Crippen LogP contribution in [0.25, 0.3) is 0 Å². The van der Waals surface area contributed by atoms with Gasteiger partial charge in [-0.3, -0.25) is 5.32 Å². The Labute approximate surface area is 113 Å². The fourth-order valence-corrected chi connectivity index (χ4v) is 2.59. The number of carbonyl (C=O) groups excluding carboxylic acids is 1. The van der Waals surface area contributed by atoms with E-state index in [4.69, 9.17) is 10.00 Å². The van der Waals surface area contributed by atoms with E-state index in [0.717, 1.165) is 24.8 Å². The van der Waals surface area contributed by atoms with Crippen LogP contribution in [0.3, 0.4) is 0 Å². The number of hydrogen-bond donors (Lipinski definition) is 1. The van der Waals surface area contributed by atoms with E-state index in [-0.39, 0.29) is 17.9 Å². The van der Waals surface area contributed by atoms with Crippen molar-refractivity contribution in [2.24, 2.45) is 5.92 Å². The third-order valence-electron chi connectivity index (χ3n) is 3.63. The third-order valence-corrected chi connectivity index (χ3v) is 3.63. The molecule has 1 aliphatic rings. The van der Waals surface area contributed by atoms with Crippen LogP contribution < -0.4 is 5.32 Å². The van der Waals surface area contributed by atoms with Crippen molar-refractivity contribution in [3.8, 4) is 6.07 Å². The second-order valence-corrected chi connectivity index (χ2v) is 4.81. The maximum Gasteiger partial charge on any atom is 0.327 e. The molecule has 2 rings (SSSR count). The number of hydrogen-bond acceptors (Lipinski definition) is 4. The summed E-state index contributed by atoms with van der Waals surface area (Å²) < 4.78 is 4.86. The van der Waals surface area contributed by atoms with Gasteiger partial charge in [-0.05, 0) is 18.4 Å². The lowest BCUT2D eigenvalue weighted by atomic mass is 10.0. The molecule has 4 nitrogen and oxygen atoms in total. The minimum atomic E-state index is -0.495. The molecule has 4 heteroatoms. The fourth-order valence-electron chi connectivity index (χ4n) is 2.59. The monoisotopic (exact) mass is 258 g/mol. The molecule has 0 aromatic heterocycles. The minimum absolute atomic E-state index is 0.0177. The number of methoxy groups -OCH3 is 1.